The minimum absolute atomic E-state index is 0.202. The van der Waals surface area contributed by atoms with E-state index in [4.69, 9.17) is 15.2 Å². The number of rotatable bonds is 7. The molecular weight excluding hydrogens is 336 g/mol. The van der Waals surface area contributed by atoms with Crippen molar-refractivity contribution in [1.82, 2.24) is 5.32 Å². The number of carbonyl (C=O) groups is 1. The fraction of sp³-hybridized carbons (Fsp3) is 0.533. The summed E-state index contributed by atoms with van der Waals surface area (Å²) >= 11 is 3.42. The molecule has 118 valence electrons. The Balaban J connectivity index is 3.05. The van der Waals surface area contributed by atoms with Gasteiger partial charge in [0.05, 0.1) is 18.2 Å². The molecule has 1 rings (SSSR count). The molecule has 0 aliphatic heterocycles. The van der Waals surface area contributed by atoms with Crippen LogP contribution in [0.1, 0.15) is 37.6 Å². The maximum Gasteiger partial charge on any atom is 0.251 e. The molecule has 0 saturated carbocycles. The summed E-state index contributed by atoms with van der Waals surface area (Å²) in [6.45, 7) is 6.71. The minimum atomic E-state index is -0.464. The maximum atomic E-state index is 12.3. The molecule has 0 heterocycles. The first-order valence-corrected chi connectivity index (χ1v) is 7.66. The Bertz CT molecular complexity index is 504. The van der Waals surface area contributed by atoms with Gasteiger partial charge in [-0.15, -0.1) is 0 Å². The number of hydrogen-bond donors (Lipinski definition) is 2. The second-order valence-electron chi connectivity index (χ2n) is 5.38. The number of halogens is 1. The molecule has 0 atom stereocenters. The van der Waals surface area contributed by atoms with Gasteiger partial charge in [-0.05, 0) is 48.3 Å². The lowest BCUT2D eigenvalue weighted by molar-refractivity contribution is 0.0915. The van der Waals surface area contributed by atoms with Crippen LogP contribution in [-0.2, 0) is 0 Å². The Kier molecular flexibility index (Phi) is 6.48. The van der Waals surface area contributed by atoms with E-state index in [9.17, 15) is 4.79 Å². The molecule has 0 bridgehead atoms. The van der Waals surface area contributed by atoms with Crippen molar-refractivity contribution in [1.29, 1.82) is 0 Å². The molecule has 1 amide bonds. The monoisotopic (exact) mass is 358 g/mol. The van der Waals surface area contributed by atoms with Crippen molar-refractivity contribution in [3.8, 4) is 11.5 Å². The number of carbonyl (C=O) groups excluding carboxylic acids is 1. The molecule has 0 saturated heterocycles. The van der Waals surface area contributed by atoms with E-state index in [1.807, 2.05) is 20.8 Å². The maximum absolute atomic E-state index is 12.3. The highest BCUT2D eigenvalue weighted by molar-refractivity contribution is 9.10. The van der Waals surface area contributed by atoms with Gasteiger partial charge in [0, 0.05) is 17.6 Å². The van der Waals surface area contributed by atoms with E-state index in [2.05, 4.69) is 21.2 Å². The van der Waals surface area contributed by atoms with Gasteiger partial charge in [0.2, 0.25) is 0 Å². The summed E-state index contributed by atoms with van der Waals surface area (Å²) in [6.07, 6.45) is 0.891. The average molecular weight is 359 g/mol. The third kappa shape index (κ3) is 4.89. The summed E-state index contributed by atoms with van der Waals surface area (Å²) in [6, 6.07) is 3.38. The number of ether oxygens (including phenoxy) is 2. The minimum Gasteiger partial charge on any atom is -0.493 e. The van der Waals surface area contributed by atoms with E-state index in [-0.39, 0.29) is 5.91 Å². The third-order valence-corrected chi connectivity index (χ3v) is 3.49. The highest BCUT2D eigenvalue weighted by atomic mass is 79.9. The van der Waals surface area contributed by atoms with E-state index < -0.39 is 5.54 Å². The van der Waals surface area contributed by atoms with Gasteiger partial charge in [0.15, 0.2) is 11.5 Å². The van der Waals surface area contributed by atoms with Gasteiger partial charge in [-0.1, -0.05) is 6.92 Å². The van der Waals surface area contributed by atoms with Crippen molar-refractivity contribution in [2.75, 3.05) is 20.3 Å². The Morgan fingerprint density at radius 1 is 1.43 bits per heavy atom. The predicted octanol–water partition coefficient (Wildman–Crippen LogP) is 2.71. The zero-order valence-corrected chi connectivity index (χ0v) is 14.5. The molecule has 0 radical (unpaired) electrons. The first kappa shape index (κ1) is 17.8. The molecule has 0 aromatic heterocycles. The summed E-state index contributed by atoms with van der Waals surface area (Å²) in [4.78, 5) is 12.3. The van der Waals surface area contributed by atoms with Crippen LogP contribution in [0.4, 0.5) is 0 Å². The van der Waals surface area contributed by atoms with Crippen molar-refractivity contribution in [3.63, 3.8) is 0 Å². The van der Waals surface area contributed by atoms with E-state index in [1.54, 1.807) is 19.2 Å². The van der Waals surface area contributed by atoms with Crippen LogP contribution in [0.15, 0.2) is 16.6 Å². The number of nitrogens with one attached hydrogen (secondary N) is 1. The van der Waals surface area contributed by atoms with Gasteiger partial charge in [0.25, 0.3) is 5.91 Å². The molecule has 0 unspecified atom stereocenters. The SMILES string of the molecule is CCCOc1c(Br)cc(C(=O)NC(C)(C)CN)cc1OC. The van der Waals surface area contributed by atoms with E-state index >= 15 is 0 Å². The Hall–Kier alpha value is -1.27. The van der Waals surface area contributed by atoms with Gasteiger partial charge in [0.1, 0.15) is 0 Å². The second-order valence-corrected chi connectivity index (χ2v) is 6.23. The summed E-state index contributed by atoms with van der Waals surface area (Å²) in [5.41, 5.74) is 5.65. The molecule has 0 aliphatic rings. The zero-order valence-electron chi connectivity index (χ0n) is 13.0. The van der Waals surface area contributed by atoms with Crippen LogP contribution in [0.5, 0.6) is 11.5 Å². The lowest BCUT2D eigenvalue weighted by atomic mass is 10.1. The molecule has 21 heavy (non-hydrogen) atoms. The number of nitrogens with two attached hydrogens (primary N) is 1. The zero-order chi connectivity index (χ0) is 16.0. The van der Waals surface area contributed by atoms with Crippen LogP contribution in [-0.4, -0.2) is 31.7 Å². The summed E-state index contributed by atoms with van der Waals surface area (Å²) in [7, 11) is 1.55. The van der Waals surface area contributed by atoms with Crippen molar-refractivity contribution < 1.29 is 14.3 Å². The summed E-state index contributed by atoms with van der Waals surface area (Å²) in [5, 5.41) is 2.88. The number of benzene rings is 1. The first-order valence-electron chi connectivity index (χ1n) is 6.87. The average Bonchev–Trinajstić information content (AvgIpc) is 2.44. The quantitative estimate of drug-likeness (QED) is 0.785. The number of amides is 1. The molecule has 5 nitrogen and oxygen atoms in total. The van der Waals surface area contributed by atoms with Crippen molar-refractivity contribution in [2.45, 2.75) is 32.7 Å². The normalized spacial score (nSPS) is 11.1. The van der Waals surface area contributed by atoms with Gasteiger partial charge in [-0.2, -0.15) is 0 Å². The lowest BCUT2D eigenvalue weighted by Crippen LogP contribution is -2.48. The fourth-order valence-corrected chi connectivity index (χ4v) is 2.18. The van der Waals surface area contributed by atoms with Crippen LogP contribution >= 0.6 is 15.9 Å². The molecule has 6 heteroatoms. The Morgan fingerprint density at radius 2 is 2.10 bits per heavy atom. The smallest absolute Gasteiger partial charge is 0.251 e. The fourth-order valence-electron chi connectivity index (χ4n) is 1.63. The molecule has 0 aliphatic carbocycles. The first-order chi connectivity index (χ1) is 9.84. The summed E-state index contributed by atoms with van der Waals surface area (Å²) in [5.74, 6) is 0.925. The van der Waals surface area contributed by atoms with E-state index in [1.165, 1.54) is 0 Å². The number of methoxy groups -OCH3 is 1. The lowest BCUT2D eigenvalue weighted by Gasteiger charge is -2.24. The van der Waals surface area contributed by atoms with E-state index in [0.29, 0.717) is 34.7 Å². The van der Waals surface area contributed by atoms with Crippen molar-refractivity contribution >= 4 is 21.8 Å². The Labute approximate surface area is 134 Å². The van der Waals surface area contributed by atoms with Crippen LogP contribution in [0, 0.1) is 0 Å². The van der Waals surface area contributed by atoms with E-state index in [0.717, 1.165) is 6.42 Å². The van der Waals surface area contributed by atoms with Gasteiger partial charge in [-0.25, -0.2) is 0 Å². The van der Waals surface area contributed by atoms with Crippen LogP contribution in [0.2, 0.25) is 0 Å². The van der Waals surface area contributed by atoms with Crippen LogP contribution < -0.4 is 20.5 Å². The topological polar surface area (TPSA) is 73.6 Å². The molecular formula is C15H23BrN2O3. The van der Waals surface area contributed by atoms with Gasteiger partial charge < -0.3 is 20.5 Å². The van der Waals surface area contributed by atoms with Crippen LogP contribution in [0.25, 0.3) is 0 Å². The molecule has 0 spiro atoms. The molecule has 1 aromatic rings. The van der Waals surface area contributed by atoms with Crippen LogP contribution in [0.3, 0.4) is 0 Å². The number of hydrogen-bond acceptors (Lipinski definition) is 4. The second kappa shape index (κ2) is 7.66. The molecule has 3 N–H and O–H groups in total. The molecule has 1 aromatic carbocycles. The van der Waals surface area contributed by atoms with Crippen molar-refractivity contribution in [2.24, 2.45) is 5.73 Å². The third-order valence-electron chi connectivity index (χ3n) is 2.90. The molecule has 0 fully saturated rings. The highest BCUT2D eigenvalue weighted by Gasteiger charge is 2.21. The standard InChI is InChI=1S/C15H23BrN2O3/c1-5-6-21-13-11(16)7-10(8-12(13)20-4)14(19)18-15(2,3)9-17/h7-8H,5-6,9,17H2,1-4H3,(H,18,19). The Morgan fingerprint density at radius 3 is 2.62 bits per heavy atom. The summed E-state index contributed by atoms with van der Waals surface area (Å²) < 4.78 is 11.6. The van der Waals surface area contributed by atoms with Gasteiger partial charge >= 0.3 is 0 Å². The largest absolute Gasteiger partial charge is 0.493 e. The van der Waals surface area contributed by atoms with Gasteiger partial charge in [-0.3, -0.25) is 4.79 Å². The highest BCUT2D eigenvalue weighted by Crippen LogP contribution is 2.36. The van der Waals surface area contributed by atoms with Crippen molar-refractivity contribution in [3.05, 3.63) is 22.2 Å². The predicted molar refractivity (Wildman–Crippen MR) is 87.1 cm³/mol.